The van der Waals surface area contributed by atoms with E-state index >= 15 is 4.39 Å². The zero-order valence-corrected chi connectivity index (χ0v) is 20.3. The van der Waals surface area contributed by atoms with Crippen LogP contribution in [-0.4, -0.2) is 78.7 Å². The van der Waals surface area contributed by atoms with Gasteiger partial charge in [0.2, 0.25) is 17.7 Å². The Morgan fingerprint density at radius 3 is 2.81 bits per heavy atom. The maximum absolute atomic E-state index is 15.3. The largest absolute Gasteiger partial charge is 0.479 e. The number of nitrogens with one attached hydrogen (secondary N) is 1. The molecule has 4 heterocycles. The minimum absolute atomic E-state index is 0.0175. The number of rotatable bonds is 6. The van der Waals surface area contributed by atoms with Crippen LogP contribution in [0.15, 0.2) is 24.4 Å². The van der Waals surface area contributed by atoms with Gasteiger partial charge in [0.1, 0.15) is 17.2 Å². The van der Waals surface area contributed by atoms with Crippen LogP contribution in [-0.2, 0) is 11.3 Å². The van der Waals surface area contributed by atoms with Gasteiger partial charge in [0.25, 0.3) is 5.92 Å². The maximum Gasteiger partial charge on any atom is 0.285 e. The van der Waals surface area contributed by atoms with Crippen molar-refractivity contribution in [2.75, 3.05) is 25.5 Å². The summed E-state index contributed by atoms with van der Waals surface area (Å²) in [4.78, 5) is 16.8. The molecule has 3 aromatic heterocycles. The third kappa shape index (κ3) is 4.51. The summed E-state index contributed by atoms with van der Waals surface area (Å²) in [5, 5.41) is 14.8. The van der Waals surface area contributed by atoms with Crippen LogP contribution in [0.3, 0.4) is 0 Å². The lowest BCUT2D eigenvalue weighted by Crippen LogP contribution is -2.55. The Kier molecular flexibility index (Phi) is 6.12. The lowest BCUT2D eigenvalue weighted by molar-refractivity contribution is -0.140. The third-order valence-electron chi connectivity index (χ3n) is 6.32. The highest BCUT2D eigenvalue weighted by Gasteiger charge is 2.46. The molecule has 0 radical (unpaired) electrons. The number of halogens is 4. The maximum atomic E-state index is 15.3. The Bertz CT molecular complexity index is 1480. The van der Waals surface area contributed by atoms with Crippen molar-refractivity contribution in [1.82, 2.24) is 34.5 Å². The van der Waals surface area contributed by atoms with Gasteiger partial charge in [0, 0.05) is 13.5 Å². The molecule has 5 rings (SSSR count). The molecular formula is C23H24F4N8O2. The number of carbonyl (C=O) groups is 1. The predicted octanol–water partition coefficient (Wildman–Crippen LogP) is 3.31. The number of anilines is 1. The number of aromatic nitrogens is 6. The summed E-state index contributed by atoms with van der Waals surface area (Å²) in [6, 6.07) is 3.57. The average molecular weight is 520 g/mol. The molecule has 1 amide bonds. The van der Waals surface area contributed by atoms with E-state index in [1.807, 2.05) is 0 Å². The van der Waals surface area contributed by atoms with Crippen LogP contribution < -0.4 is 10.1 Å². The lowest BCUT2D eigenvalue weighted by atomic mass is 10.0. The van der Waals surface area contributed by atoms with Crippen molar-refractivity contribution < 1.29 is 27.1 Å². The Morgan fingerprint density at radius 2 is 2.14 bits per heavy atom. The average Bonchev–Trinajstić information content (AvgIpc) is 3.38. The monoisotopic (exact) mass is 520 g/mol. The number of methoxy groups -OCH3 is 1. The van der Waals surface area contributed by atoms with Gasteiger partial charge in [-0.1, -0.05) is 11.3 Å². The lowest BCUT2D eigenvalue weighted by Gasteiger charge is -2.38. The normalized spacial score (nSPS) is 18.4. The van der Waals surface area contributed by atoms with Gasteiger partial charge in [0.05, 0.1) is 43.5 Å². The summed E-state index contributed by atoms with van der Waals surface area (Å²) in [5.74, 6) is -4.52. The zero-order valence-electron chi connectivity index (χ0n) is 20.3. The van der Waals surface area contributed by atoms with Crippen LogP contribution in [0, 0.1) is 5.82 Å². The summed E-state index contributed by atoms with van der Waals surface area (Å²) in [6.45, 7) is 2.05. The molecule has 0 saturated carbocycles. The number of carbonyl (C=O) groups excluding carboxylic acids is 1. The second-order valence-corrected chi connectivity index (χ2v) is 9.03. The van der Waals surface area contributed by atoms with Crippen LogP contribution in [0.1, 0.15) is 20.3 Å². The van der Waals surface area contributed by atoms with Crippen molar-refractivity contribution in [3.63, 3.8) is 0 Å². The first-order valence-electron chi connectivity index (χ1n) is 11.6. The van der Waals surface area contributed by atoms with Gasteiger partial charge < -0.3 is 15.0 Å². The highest BCUT2D eigenvalue weighted by atomic mass is 19.3. The molecule has 4 aromatic rings. The second-order valence-electron chi connectivity index (χ2n) is 9.03. The van der Waals surface area contributed by atoms with Crippen LogP contribution in [0.5, 0.6) is 5.88 Å². The summed E-state index contributed by atoms with van der Waals surface area (Å²) in [6.07, 6.45) is -0.0946. The molecule has 2 atom stereocenters. The van der Waals surface area contributed by atoms with Crippen molar-refractivity contribution in [3.05, 3.63) is 30.2 Å². The Morgan fingerprint density at radius 1 is 1.35 bits per heavy atom. The number of hydrogen-bond donors (Lipinski definition) is 1. The van der Waals surface area contributed by atoms with E-state index in [0.29, 0.717) is 16.6 Å². The van der Waals surface area contributed by atoms with Crippen LogP contribution in [0.4, 0.5) is 23.5 Å². The predicted molar refractivity (Wildman–Crippen MR) is 126 cm³/mol. The van der Waals surface area contributed by atoms with Gasteiger partial charge >= 0.3 is 0 Å². The van der Waals surface area contributed by atoms with Crippen molar-refractivity contribution in [2.45, 2.75) is 44.9 Å². The second kappa shape index (κ2) is 9.16. The topological polar surface area (TPSA) is 102 Å². The van der Waals surface area contributed by atoms with Gasteiger partial charge in [-0.25, -0.2) is 26.8 Å². The molecule has 1 saturated heterocycles. The van der Waals surface area contributed by atoms with Gasteiger partial charge in [-0.2, -0.15) is 4.98 Å². The first-order valence-corrected chi connectivity index (χ1v) is 11.6. The van der Waals surface area contributed by atoms with Gasteiger partial charge in [-0.05, 0) is 31.0 Å². The third-order valence-corrected chi connectivity index (χ3v) is 6.32. The van der Waals surface area contributed by atoms with E-state index in [4.69, 9.17) is 4.74 Å². The quantitative estimate of drug-likeness (QED) is 0.389. The molecule has 0 unspecified atom stereocenters. The van der Waals surface area contributed by atoms with Crippen molar-refractivity contribution in [3.8, 4) is 17.0 Å². The van der Waals surface area contributed by atoms with E-state index in [2.05, 4.69) is 25.7 Å². The summed E-state index contributed by atoms with van der Waals surface area (Å²) < 4.78 is 66.2. The fourth-order valence-corrected chi connectivity index (χ4v) is 4.54. The molecule has 0 bridgehead atoms. The fourth-order valence-electron chi connectivity index (χ4n) is 4.54. The minimum atomic E-state index is -3.23. The number of piperidine rings is 1. The van der Waals surface area contributed by atoms with E-state index in [-0.39, 0.29) is 42.4 Å². The highest BCUT2D eigenvalue weighted by Crippen LogP contribution is 2.36. The number of ether oxygens (including phenoxy) is 1. The molecule has 10 nitrogen and oxygen atoms in total. The summed E-state index contributed by atoms with van der Waals surface area (Å²) in [5.41, 5.74) is 1.75. The van der Waals surface area contributed by atoms with Crippen LogP contribution >= 0.6 is 0 Å². The zero-order chi connectivity index (χ0) is 26.5. The van der Waals surface area contributed by atoms with Crippen molar-refractivity contribution >= 4 is 28.4 Å². The standard InChI is InChI=1S/C23H24F4N8O2/c1-12(24)9-34-17-8-14(4-5-16(17)30-32-34)19-15(25)10-35-20(19)21(37-3)29-22(31-35)28-18-6-7-33(13(2)36)11-23(18,26)27/h4-5,8,10,12,18H,6-7,9,11H2,1-3H3,(H,28,31)/t12-,18-/m1/s1. The summed E-state index contributed by atoms with van der Waals surface area (Å²) >= 11 is 0. The van der Waals surface area contributed by atoms with Crippen LogP contribution in [0.2, 0.25) is 0 Å². The Hall–Kier alpha value is -3.97. The Balaban J connectivity index is 1.52. The highest BCUT2D eigenvalue weighted by molar-refractivity contribution is 5.89. The number of likely N-dealkylation sites (tertiary alicyclic amines) is 1. The van der Waals surface area contributed by atoms with E-state index in [1.54, 1.807) is 18.2 Å². The number of benzene rings is 1. The van der Waals surface area contributed by atoms with E-state index in [9.17, 15) is 18.0 Å². The van der Waals surface area contributed by atoms with E-state index in [0.717, 1.165) is 11.1 Å². The molecule has 1 aliphatic rings. The first-order chi connectivity index (χ1) is 17.6. The van der Waals surface area contributed by atoms with Gasteiger partial charge in [0.15, 0.2) is 5.82 Å². The van der Waals surface area contributed by atoms with E-state index < -0.39 is 36.4 Å². The number of alkyl halides is 3. The van der Waals surface area contributed by atoms with Gasteiger partial charge in [-0.15, -0.1) is 10.2 Å². The fraction of sp³-hybridized carbons (Fsp3) is 0.435. The molecule has 1 aromatic carbocycles. The van der Waals surface area contributed by atoms with Crippen molar-refractivity contribution in [1.29, 1.82) is 0 Å². The minimum Gasteiger partial charge on any atom is -0.479 e. The molecule has 1 fully saturated rings. The number of fused-ring (bicyclic) bond motifs is 2. The SMILES string of the molecule is COc1nc(N[C@@H]2CCN(C(C)=O)CC2(F)F)nn2cc(F)c(-c3ccc4nnn(C[C@@H](C)F)c4c3)c12. The molecule has 1 N–H and O–H groups in total. The van der Waals surface area contributed by atoms with Gasteiger partial charge in [-0.3, -0.25) is 4.79 Å². The number of hydrogen-bond acceptors (Lipinski definition) is 7. The van der Waals surface area contributed by atoms with Crippen molar-refractivity contribution in [2.24, 2.45) is 0 Å². The van der Waals surface area contributed by atoms with E-state index in [1.165, 1.54) is 30.2 Å². The first kappa shape index (κ1) is 24.7. The molecule has 14 heteroatoms. The molecule has 0 aliphatic carbocycles. The molecule has 0 spiro atoms. The molecule has 37 heavy (non-hydrogen) atoms. The smallest absolute Gasteiger partial charge is 0.285 e. The number of nitrogens with zero attached hydrogens (tertiary/aromatic N) is 7. The molecule has 1 aliphatic heterocycles. The molecule has 196 valence electrons. The Labute approximate surface area is 208 Å². The number of amides is 1. The summed E-state index contributed by atoms with van der Waals surface area (Å²) in [7, 11) is 1.32. The van der Waals surface area contributed by atoms with Crippen LogP contribution in [0.25, 0.3) is 27.7 Å². The molecular weight excluding hydrogens is 496 g/mol.